The van der Waals surface area contributed by atoms with Crippen LogP contribution >= 0.6 is 0 Å². The van der Waals surface area contributed by atoms with Gasteiger partial charge in [0.25, 0.3) is 0 Å². The van der Waals surface area contributed by atoms with Gasteiger partial charge in [0.05, 0.1) is 12.3 Å². The van der Waals surface area contributed by atoms with Gasteiger partial charge in [-0.15, -0.1) is 10.2 Å². The number of aromatic nitrogens is 2. The first-order chi connectivity index (χ1) is 13.6. The summed E-state index contributed by atoms with van der Waals surface area (Å²) in [5.74, 6) is 0.745. The molecule has 1 atom stereocenters. The van der Waals surface area contributed by atoms with E-state index in [2.05, 4.69) is 10.2 Å². The Morgan fingerprint density at radius 3 is 2.82 bits per heavy atom. The van der Waals surface area contributed by atoms with Crippen molar-refractivity contribution in [2.24, 2.45) is 0 Å². The minimum Gasteiger partial charge on any atom is -0.420 e. The van der Waals surface area contributed by atoms with Crippen molar-refractivity contribution in [1.29, 1.82) is 0 Å². The predicted octanol–water partition coefficient (Wildman–Crippen LogP) is 4.13. The lowest BCUT2D eigenvalue weighted by Crippen LogP contribution is -2.40. The first-order valence-corrected chi connectivity index (χ1v) is 9.51. The summed E-state index contributed by atoms with van der Waals surface area (Å²) in [7, 11) is 0. The topological polar surface area (TPSA) is 59.2 Å². The average molecular weight is 379 g/mol. The third-order valence-corrected chi connectivity index (χ3v) is 5.09. The van der Waals surface area contributed by atoms with Crippen LogP contribution in [0.25, 0.3) is 11.5 Å². The van der Waals surface area contributed by atoms with Crippen molar-refractivity contribution in [3.05, 3.63) is 71.4 Å². The first kappa shape index (κ1) is 18.3. The number of nitrogens with zero attached hydrogens (tertiary/aromatic N) is 3. The number of rotatable bonds is 4. The minimum atomic E-state index is -0.307. The summed E-state index contributed by atoms with van der Waals surface area (Å²) in [6.45, 7) is 3.36. The van der Waals surface area contributed by atoms with Crippen molar-refractivity contribution in [1.82, 2.24) is 15.1 Å². The van der Waals surface area contributed by atoms with Gasteiger partial charge in [0.1, 0.15) is 5.82 Å². The molecule has 144 valence electrons. The molecule has 0 radical (unpaired) electrons. The lowest BCUT2D eigenvalue weighted by atomic mass is 9.97. The fraction of sp³-hybridized carbons (Fsp3) is 0.318. The summed E-state index contributed by atoms with van der Waals surface area (Å²) in [6.07, 6.45) is 2.21. The van der Waals surface area contributed by atoms with Gasteiger partial charge in [-0.05, 0) is 49.6 Å². The van der Waals surface area contributed by atoms with E-state index in [1.165, 1.54) is 12.1 Å². The molecule has 0 aliphatic carbocycles. The largest absolute Gasteiger partial charge is 0.420 e. The number of hydrogen-bond donors (Lipinski definition) is 0. The number of likely N-dealkylation sites (tertiary alicyclic amines) is 1. The zero-order valence-electron chi connectivity index (χ0n) is 15.8. The normalized spacial score (nSPS) is 16.9. The predicted molar refractivity (Wildman–Crippen MR) is 103 cm³/mol. The van der Waals surface area contributed by atoms with Crippen molar-refractivity contribution >= 4 is 5.91 Å². The van der Waals surface area contributed by atoms with E-state index in [0.29, 0.717) is 30.3 Å². The average Bonchev–Trinajstić information content (AvgIpc) is 3.19. The maximum absolute atomic E-state index is 13.1. The van der Waals surface area contributed by atoms with E-state index in [-0.39, 0.29) is 17.6 Å². The summed E-state index contributed by atoms with van der Waals surface area (Å²) in [5, 5.41) is 8.28. The number of carbonyl (C=O) groups is 1. The molecule has 5 nitrogen and oxygen atoms in total. The van der Waals surface area contributed by atoms with Gasteiger partial charge in [0.15, 0.2) is 0 Å². The Labute approximate surface area is 163 Å². The Balaban J connectivity index is 1.43. The summed E-state index contributed by atoms with van der Waals surface area (Å²) < 4.78 is 18.9. The zero-order chi connectivity index (χ0) is 19.5. The van der Waals surface area contributed by atoms with Crippen molar-refractivity contribution in [2.75, 3.05) is 13.1 Å². The Morgan fingerprint density at radius 1 is 1.21 bits per heavy atom. The maximum atomic E-state index is 13.1. The van der Waals surface area contributed by atoms with E-state index in [0.717, 1.165) is 30.5 Å². The van der Waals surface area contributed by atoms with Gasteiger partial charge in [0.2, 0.25) is 17.7 Å². The summed E-state index contributed by atoms with van der Waals surface area (Å²) in [5.41, 5.74) is 2.87. The number of benzene rings is 2. The minimum absolute atomic E-state index is 0.0249. The molecule has 1 unspecified atom stereocenters. The van der Waals surface area contributed by atoms with Crippen LogP contribution in [0, 0.1) is 12.7 Å². The van der Waals surface area contributed by atoms with Crippen molar-refractivity contribution < 1.29 is 13.6 Å². The molecule has 0 bridgehead atoms. The molecule has 1 aromatic heterocycles. The van der Waals surface area contributed by atoms with Crippen LogP contribution in [0.3, 0.4) is 0 Å². The Bertz CT molecular complexity index is 968. The van der Waals surface area contributed by atoms with Crippen molar-refractivity contribution in [3.8, 4) is 11.5 Å². The first-order valence-electron chi connectivity index (χ1n) is 9.51. The van der Waals surface area contributed by atoms with Gasteiger partial charge in [-0.2, -0.15) is 0 Å². The third kappa shape index (κ3) is 4.11. The van der Waals surface area contributed by atoms with Crippen LogP contribution in [-0.4, -0.2) is 34.1 Å². The summed E-state index contributed by atoms with van der Waals surface area (Å²) >= 11 is 0. The second kappa shape index (κ2) is 7.92. The van der Waals surface area contributed by atoms with Crippen LogP contribution in [0.5, 0.6) is 0 Å². The molecule has 1 saturated heterocycles. The highest BCUT2D eigenvalue weighted by Crippen LogP contribution is 2.29. The van der Waals surface area contributed by atoms with Crippen molar-refractivity contribution in [2.45, 2.75) is 32.1 Å². The van der Waals surface area contributed by atoms with Gasteiger partial charge in [0, 0.05) is 18.7 Å². The molecule has 1 aliphatic heterocycles. The van der Waals surface area contributed by atoms with E-state index in [4.69, 9.17) is 4.42 Å². The summed E-state index contributed by atoms with van der Waals surface area (Å²) in [6, 6.07) is 14.0. The molecule has 0 spiro atoms. The monoisotopic (exact) mass is 379 g/mol. The van der Waals surface area contributed by atoms with Crippen LogP contribution in [-0.2, 0) is 11.2 Å². The van der Waals surface area contributed by atoms with E-state index in [9.17, 15) is 9.18 Å². The molecule has 1 aliphatic rings. The lowest BCUT2D eigenvalue weighted by molar-refractivity contribution is -0.131. The fourth-order valence-electron chi connectivity index (χ4n) is 3.62. The number of halogens is 1. The van der Waals surface area contributed by atoms with Crippen LogP contribution in [0.15, 0.2) is 52.9 Å². The lowest BCUT2D eigenvalue weighted by Gasteiger charge is -2.31. The highest BCUT2D eigenvalue weighted by molar-refractivity contribution is 5.79. The molecule has 0 N–H and O–H groups in total. The number of piperidine rings is 1. The Hall–Kier alpha value is -3.02. The van der Waals surface area contributed by atoms with Crippen LogP contribution in [0.4, 0.5) is 4.39 Å². The fourth-order valence-corrected chi connectivity index (χ4v) is 3.62. The molecule has 28 heavy (non-hydrogen) atoms. The van der Waals surface area contributed by atoms with Crippen LogP contribution in [0.2, 0.25) is 0 Å². The van der Waals surface area contributed by atoms with Gasteiger partial charge < -0.3 is 9.32 Å². The number of amides is 1. The standard InChI is InChI=1S/C22H22FN3O2/c1-15-4-2-5-16(12-15)13-20(27)26-11-3-6-18(14-26)22-25-24-21(28-22)17-7-9-19(23)10-8-17/h2,4-5,7-10,12,18H,3,6,11,13-14H2,1H3. The molecule has 4 rings (SSSR count). The highest BCUT2D eigenvalue weighted by atomic mass is 19.1. The van der Waals surface area contributed by atoms with Gasteiger partial charge in [-0.25, -0.2) is 4.39 Å². The second-order valence-corrected chi connectivity index (χ2v) is 7.30. The molecule has 2 heterocycles. The molecule has 2 aromatic carbocycles. The Kier molecular flexibility index (Phi) is 5.19. The van der Waals surface area contributed by atoms with Crippen LogP contribution in [0.1, 0.15) is 35.8 Å². The summed E-state index contributed by atoms with van der Waals surface area (Å²) in [4.78, 5) is 14.6. The number of carbonyl (C=O) groups excluding carboxylic acids is 1. The quantitative estimate of drug-likeness (QED) is 0.684. The van der Waals surface area contributed by atoms with Crippen LogP contribution < -0.4 is 0 Å². The van der Waals surface area contributed by atoms with E-state index in [1.54, 1.807) is 12.1 Å². The molecular formula is C22H22FN3O2. The van der Waals surface area contributed by atoms with E-state index < -0.39 is 0 Å². The zero-order valence-corrected chi connectivity index (χ0v) is 15.8. The van der Waals surface area contributed by atoms with Gasteiger partial charge >= 0.3 is 0 Å². The molecular weight excluding hydrogens is 357 g/mol. The Morgan fingerprint density at radius 2 is 2.04 bits per heavy atom. The second-order valence-electron chi connectivity index (χ2n) is 7.30. The smallest absolute Gasteiger partial charge is 0.247 e. The SMILES string of the molecule is Cc1cccc(CC(=O)N2CCCC(c3nnc(-c4ccc(F)cc4)o3)C2)c1. The van der Waals surface area contributed by atoms with E-state index >= 15 is 0 Å². The molecule has 1 fully saturated rings. The van der Waals surface area contributed by atoms with E-state index in [1.807, 2.05) is 36.1 Å². The molecule has 0 saturated carbocycles. The third-order valence-electron chi connectivity index (χ3n) is 5.09. The number of hydrogen-bond acceptors (Lipinski definition) is 4. The maximum Gasteiger partial charge on any atom is 0.247 e. The number of aryl methyl sites for hydroxylation is 1. The molecule has 3 aromatic rings. The van der Waals surface area contributed by atoms with Gasteiger partial charge in [-0.3, -0.25) is 4.79 Å². The van der Waals surface area contributed by atoms with Gasteiger partial charge in [-0.1, -0.05) is 29.8 Å². The molecule has 6 heteroatoms. The van der Waals surface area contributed by atoms with Crippen molar-refractivity contribution in [3.63, 3.8) is 0 Å². The highest BCUT2D eigenvalue weighted by Gasteiger charge is 2.28. The molecule has 1 amide bonds.